The van der Waals surface area contributed by atoms with Crippen LogP contribution in [0.5, 0.6) is 5.75 Å². The van der Waals surface area contributed by atoms with Crippen LogP contribution in [0, 0.1) is 0 Å². The summed E-state index contributed by atoms with van der Waals surface area (Å²) in [6.45, 7) is 1.34. The first-order chi connectivity index (χ1) is 12.2. The summed E-state index contributed by atoms with van der Waals surface area (Å²) >= 11 is 0. The Kier molecular flexibility index (Phi) is 4.07. The van der Waals surface area contributed by atoms with Gasteiger partial charge in [0, 0.05) is 30.5 Å². The lowest BCUT2D eigenvalue weighted by Crippen LogP contribution is -2.33. The zero-order valence-corrected chi connectivity index (χ0v) is 14.5. The minimum Gasteiger partial charge on any atom is -0.496 e. The Labute approximate surface area is 146 Å². The second-order valence-electron chi connectivity index (χ2n) is 6.67. The molecule has 25 heavy (non-hydrogen) atoms. The third-order valence-corrected chi connectivity index (χ3v) is 5.24. The van der Waals surface area contributed by atoms with E-state index in [0.29, 0.717) is 24.4 Å². The highest BCUT2D eigenvalue weighted by Crippen LogP contribution is 2.32. The van der Waals surface area contributed by atoms with Gasteiger partial charge >= 0.3 is 0 Å². The molecule has 0 fully saturated rings. The van der Waals surface area contributed by atoms with E-state index in [9.17, 15) is 9.59 Å². The number of pyridine rings is 1. The SMILES string of the molecule is COc1cc(=O)n2c(c1C(=O)N1CCc3ccccc31)CCCCC2. The van der Waals surface area contributed by atoms with Gasteiger partial charge in [-0.2, -0.15) is 0 Å². The van der Waals surface area contributed by atoms with E-state index in [4.69, 9.17) is 4.74 Å². The second-order valence-corrected chi connectivity index (χ2v) is 6.67. The Balaban J connectivity index is 1.85. The molecule has 1 amide bonds. The van der Waals surface area contributed by atoms with E-state index in [1.807, 2.05) is 23.1 Å². The number of anilines is 1. The molecular weight excluding hydrogens is 316 g/mol. The van der Waals surface area contributed by atoms with E-state index in [1.54, 1.807) is 4.57 Å². The van der Waals surface area contributed by atoms with Gasteiger partial charge in [-0.05, 0) is 37.3 Å². The number of benzene rings is 1. The lowest BCUT2D eigenvalue weighted by atomic mass is 10.1. The Hall–Kier alpha value is -2.56. The molecular formula is C20H22N2O3. The molecule has 2 aromatic rings. The molecule has 0 spiro atoms. The first-order valence-corrected chi connectivity index (χ1v) is 8.91. The summed E-state index contributed by atoms with van der Waals surface area (Å²) < 4.78 is 7.21. The van der Waals surface area contributed by atoms with E-state index in [1.165, 1.54) is 18.7 Å². The predicted octanol–water partition coefficient (Wildman–Crippen LogP) is 2.79. The highest BCUT2D eigenvalue weighted by molar-refractivity contribution is 6.09. The van der Waals surface area contributed by atoms with Crippen LogP contribution in [0.2, 0.25) is 0 Å². The van der Waals surface area contributed by atoms with Crippen molar-refractivity contribution in [3.8, 4) is 5.75 Å². The molecule has 0 bridgehead atoms. The summed E-state index contributed by atoms with van der Waals surface area (Å²) in [4.78, 5) is 27.7. The molecule has 0 radical (unpaired) electrons. The third-order valence-electron chi connectivity index (χ3n) is 5.24. The Morgan fingerprint density at radius 2 is 1.92 bits per heavy atom. The zero-order valence-electron chi connectivity index (χ0n) is 14.5. The molecule has 3 heterocycles. The highest BCUT2D eigenvalue weighted by atomic mass is 16.5. The van der Waals surface area contributed by atoms with Gasteiger partial charge < -0.3 is 14.2 Å². The lowest BCUT2D eigenvalue weighted by Gasteiger charge is -2.22. The lowest BCUT2D eigenvalue weighted by molar-refractivity contribution is 0.0984. The third kappa shape index (κ3) is 2.64. The smallest absolute Gasteiger partial charge is 0.263 e. The number of ether oxygens (including phenoxy) is 1. The average Bonchev–Trinajstić information content (AvgIpc) is 2.90. The molecule has 0 aliphatic carbocycles. The predicted molar refractivity (Wildman–Crippen MR) is 96.6 cm³/mol. The number of nitrogens with zero attached hydrogens (tertiary/aromatic N) is 2. The Bertz CT molecular complexity index is 885. The van der Waals surface area contributed by atoms with Crippen LogP contribution in [-0.2, 0) is 19.4 Å². The maximum absolute atomic E-state index is 13.4. The minimum absolute atomic E-state index is 0.0625. The molecule has 1 aromatic carbocycles. The average molecular weight is 338 g/mol. The molecule has 0 saturated heterocycles. The number of aromatic nitrogens is 1. The molecule has 0 unspecified atom stereocenters. The molecule has 0 N–H and O–H groups in total. The van der Waals surface area contributed by atoms with Gasteiger partial charge in [-0.1, -0.05) is 24.6 Å². The zero-order chi connectivity index (χ0) is 17.4. The quantitative estimate of drug-likeness (QED) is 0.846. The van der Waals surface area contributed by atoms with Gasteiger partial charge in [0.15, 0.2) is 0 Å². The van der Waals surface area contributed by atoms with E-state index < -0.39 is 0 Å². The van der Waals surface area contributed by atoms with E-state index in [2.05, 4.69) is 6.07 Å². The van der Waals surface area contributed by atoms with Crippen LogP contribution in [-0.4, -0.2) is 24.1 Å². The second kappa shape index (κ2) is 6.39. The minimum atomic E-state index is -0.0767. The van der Waals surface area contributed by atoms with Crippen molar-refractivity contribution in [2.75, 3.05) is 18.6 Å². The van der Waals surface area contributed by atoms with Crippen molar-refractivity contribution < 1.29 is 9.53 Å². The van der Waals surface area contributed by atoms with E-state index >= 15 is 0 Å². The summed E-state index contributed by atoms with van der Waals surface area (Å²) in [5, 5.41) is 0. The van der Waals surface area contributed by atoms with Gasteiger partial charge in [0.05, 0.1) is 7.11 Å². The number of fused-ring (bicyclic) bond motifs is 2. The summed E-state index contributed by atoms with van der Waals surface area (Å²) in [6.07, 6.45) is 4.63. The van der Waals surface area contributed by atoms with Crippen molar-refractivity contribution >= 4 is 11.6 Å². The van der Waals surface area contributed by atoms with Crippen LogP contribution >= 0.6 is 0 Å². The number of hydrogen-bond donors (Lipinski definition) is 0. The fourth-order valence-corrected chi connectivity index (χ4v) is 3.99. The molecule has 2 aliphatic heterocycles. The highest BCUT2D eigenvalue weighted by Gasteiger charge is 2.31. The molecule has 5 heteroatoms. The number of hydrogen-bond acceptors (Lipinski definition) is 3. The molecule has 1 aromatic heterocycles. The van der Waals surface area contributed by atoms with Crippen molar-refractivity contribution in [3.05, 3.63) is 57.5 Å². The van der Waals surface area contributed by atoms with Gasteiger partial charge in [-0.3, -0.25) is 9.59 Å². The van der Waals surface area contributed by atoms with Gasteiger partial charge in [-0.15, -0.1) is 0 Å². The Morgan fingerprint density at radius 3 is 2.76 bits per heavy atom. The first kappa shape index (κ1) is 15.9. The summed E-state index contributed by atoms with van der Waals surface area (Å²) in [6, 6.07) is 9.47. The van der Waals surface area contributed by atoms with Crippen LogP contribution in [0.3, 0.4) is 0 Å². The molecule has 4 rings (SSSR count). The van der Waals surface area contributed by atoms with E-state index in [-0.39, 0.29) is 11.5 Å². The van der Waals surface area contributed by atoms with Crippen LogP contribution in [0.25, 0.3) is 0 Å². The summed E-state index contributed by atoms with van der Waals surface area (Å²) in [7, 11) is 1.53. The van der Waals surface area contributed by atoms with Crippen LogP contribution in [0.15, 0.2) is 35.1 Å². The Morgan fingerprint density at radius 1 is 1.08 bits per heavy atom. The molecule has 2 aliphatic rings. The van der Waals surface area contributed by atoms with Gasteiger partial charge in [0.2, 0.25) is 0 Å². The van der Waals surface area contributed by atoms with Crippen molar-refractivity contribution in [2.24, 2.45) is 0 Å². The maximum atomic E-state index is 13.4. The fourth-order valence-electron chi connectivity index (χ4n) is 3.99. The van der Waals surface area contributed by atoms with Gasteiger partial charge in [-0.25, -0.2) is 0 Å². The van der Waals surface area contributed by atoms with Crippen LogP contribution < -0.4 is 15.2 Å². The van der Waals surface area contributed by atoms with Gasteiger partial charge in [0.1, 0.15) is 11.3 Å². The van der Waals surface area contributed by atoms with Crippen molar-refractivity contribution in [2.45, 2.75) is 38.6 Å². The molecule has 130 valence electrons. The fraction of sp³-hybridized carbons (Fsp3) is 0.400. The van der Waals surface area contributed by atoms with Crippen LogP contribution in [0.4, 0.5) is 5.69 Å². The number of rotatable bonds is 2. The molecule has 0 atom stereocenters. The van der Waals surface area contributed by atoms with Crippen LogP contribution in [0.1, 0.15) is 40.9 Å². The van der Waals surface area contributed by atoms with Crippen molar-refractivity contribution in [1.82, 2.24) is 4.57 Å². The largest absolute Gasteiger partial charge is 0.496 e. The first-order valence-electron chi connectivity index (χ1n) is 8.91. The number of amides is 1. The number of methoxy groups -OCH3 is 1. The normalized spacial score (nSPS) is 16.1. The van der Waals surface area contributed by atoms with Crippen molar-refractivity contribution in [1.29, 1.82) is 0 Å². The summed E-state index contributed by atoms with van der Waals surface area (Å²) in [5.41, 5.74) is 3.46. The maximum Gasteiger partial charge on any atom is 0.263 e. The number of carbonyl (C=O) groups is 1. The van der Waals surface area contributed by atoms with Gasteiger partial charge in [0.25, 0.3) is 11.5 Å². The molecule has 5 nitrogen and oxygen atoms in total. The van der Waals surface area contributed by atoms with Crippen molar-refractivity contribution in [3.63, 3.8) is 0 Å². The monoisotopic (exact) mass is 338 g/mol. The molecule has 0 saturated carbocycles. The van der Waals surface area contributed by atoms with E-state index in [0.717, 1.165) is 43.5 Å². The number of carbonyl (C=O) groups excluding carboxylic acids is 1. The standard InChI is InChI=1S/C20H22N2O3/c1-25-17-13-18(23)21-11-6-2-3-9-16(21)19(17)20(24)22-12-10-14-7-4-5-8-15(14)22/h4-5,7-8,13H,2-3,6,9-12H2,1H3. The topological polar surface area (TPSA) is 51.5 Å². The number of para-hydroxylation sites is 1. The summed E-state index contributed by atoms with van der Waals surface area (Å²) in [5.74, 6) is 0.333.